The van der Waals surface area contributed by atoms with E-state index in [1.165, 1.54) is 0 Å². The topological polar surface area (TPSA) is 37.2 Å². The van der Waals surface area contributed by atoms with Crippen molar-refractivity contribution >= 4 is 15.9 Å². The van der Waals surface area contributed by atoms with Gasteiger partial charge in [-0.05, 0) is 41.9 Å². The average Bonchev–Trinajstić information content (AvgIpc) is 2.50. The molecular formula is C10H15BrN2O. The van der Waals surface area contributed by atoms with E-state index >= 15 is 0 Å². The van der Waals surface area contributed by atoms with E-state index in [1.807, 2.05) is 12.1 Å². The summed E-state index contributed by atoms with van der Waals surface area (Å²) < 4.78 is 6.32. The molecule has 1 aliphatic heterocycles. The van der Waals surface area contributed by atoms with Crippen molar-refractivity contribution in [1.29, 1.82) is 0 Å². The molecule has 1 aromatic heterocycles. The number of rotatable bonds is 1. The molecule has 0 radical (unpaired) electrons. The summed E-state index contributed by atoms with van der Waals surface area (Å²) in [5.74, 6) is 0.983. The smallest absolute Gasteiger partial charge is 0.169 e. The third kappa shape index (κ3) is 2.19. The minimum absolute atomic E-state index is 0.127. The van der Waals surface area contributed by atoms with Crippen molar-refractivity contribution in [3.8, 4) is 0 Å². The molecule has 0 saturated carbocycles. The number of furan rings is 1. The molecule has 2 heterocycles. The van der Waals surface area contributed by atoms with Crippen LogP contribution in [0.3, 0.4) is 0 Å². The van der Waals surface area contributed by atoms with E-state index in [-0.39, 0.29) is 11.6 Å². The molecule has 0 aromatic carbocycles. The third-order valence-electron chi connectivity index (χ3n) is 2.42. The molecule has 0 spiro atoms. The van der Waals surface area contributed by atoms with Crippen LogP contribution < -0.4 is 10.6 Å². The predicted molar refractivity (Wildman–Crippen MR) is 59.2 cm³/mol. The summed E-state index contributed by atoms with van der Waals surface area (Å²) >= 11 is 3.31. The molecule has 1 aromatic rings. The highest BCUT2D eigenvalue weighted by molar-refractivity contribution is 9.10. The van der Waals surface area contributed by atoms with E-state index < -0.39 is 0 Å². The zero-order valence-corrected chi connectivity index (χ0v) is 10.0. The molecule has 1 fully saturated rings. The van der Waals surface area contributed by atoms with Crippen LogP contribution in [0.1, 0.15) is 25.6 Å². The van der Waals surface area contributed by atoms with Crippen molar-refractivity contribution in [2.45, 2.75) is 25.4 Å². The summed E-state index contributed by atoms with van der Waals surface area (Å²) in [6.07, 6.45) is 0. The fourth-order valence-electron chi connectivity index (χ4n) is 1.79. The van der Waals surface area contributed by atoms with Crippen LogP contribution in [0, 0.1) is 0 Å². The fraction of sp³-hybridized carbons (Fsp3) is 0.600. The SMILES string of the molecule is CC1(C)CNCC(c2ccc(Br)o2)N1. The van der Waals surface area contributed by atoms with Gasteiger partial charge in [-0.2, -0.15) is 0 Å². The Bertz CT molecular complexity index is 322. The number of halogens is 1. The predicted octanol–water partition coefficient (Wildman–Crippen LogP) is 2.05. The van der Waals surface area contributed by atoms with Gasteiger partial charge in [-0.15, -0.1) is 0 Å². The molecule has 78 valence electrons. The van der Waals surface area contributed by atoms with Crippen LogP contribution in [0.15, 0.2) is 21.2 Å². The molecule has 14 heavy (non-hydrogen) atoms. The Hall–Kier alpha value is -0.320. The Labute approximate surface area is 92.4 Å². The molecule has 2 rings (SSSR count). The molecular weight excluding hydrogens is 244 g/mol. The lowest BCUT2D eigenvalue weighted by molar-refractivity contribution is 0.240. The second kappa shape index (κ2) is 3.68. The molecule has 0 aliphatic carbocycles. The molecule has 1 aliphatic rings. The Balaban J connectivity index is 2.12. The summed E-state index contributed by atoms with van der Waals surface area (Å²) in [7, 11) is 0. The van der Waals surface area contributed by atoms with E-state index in [2.05, 4.69) is 40.4 Å². The minimum Gasteiger partial charge on any atom is -0.453 e. The normalized spacial score (nSPS) is 26.4. The minimum atomic E-state index is 0.127. The molecule has 1 unspecified atom stereocenters. The van der Waals surface area contributed by atoms with E-state index in [1.54, 1.807) is 0 Å². The van der Waals surface area contributed by atoms with Gasteiger partial charge >= 0.3 is 0 Å². The van der Waals surface area contributed by atoms with Crippen LogP contribution in [0.5, 0.6) is 0 Å². The van der Waals surface area contributed by atoms with E-state index in [9.17, 15) is 0 Å². The number of hydrogen-bond acceptors (Lipinski definition) is 3. The maximum absolute atomic E-state index is 5.53. The van der Waals surface area contributed by atoms with Gasteiger partial charge < -0.3 is 9.73 Å². The van der Waals surface area contributed by atoms with Crippen molar-refractivity contribution in [1.82, 2.24) is 10.6 Å². The molecule has 4 heteroatoms. The molecule has 1 atom stereocenters. The van der Waals surface area contributed by atoms with Gasteiger partial charge in [0.05, 0.1) is 6.04 Å². The number of piperazine rings is 1. The van der Waals surface area contributed by atoms with Gasteiger partial charge in [0.2, 0.25) is 0 Å². The zero-order valence-electron chi connectivity index (χ0n) is 8.43. The molecule has 3 nitrogen and oxygen atoms in total. The Kier molecular flexibility index (Phi) is 2.68. The van der Waals surface area contributed by atoms with Crippen LogP contribution in [0.2, 0.25) is 0 Å². The van der Waals surface area contributed by atoms with Crippen molar-refractivity contribution < 1.29 is 4.42 Å². The van der Waals surface area contributed by atoms with Gasteiger partial charge in [0.1, 0.15) is 5.76 Å². The van der Waals surface area contributed by atoms with Crippen LogP contribution in [-0.2, 0) is 0 Å². The standard InChI is InChI=1S/C10H15BrN2O/c1-10(2)6-12-5-7(13-10)8-3-4-9(11)14-8/h3-4,7,12-13H,5-6H2,1-2H3. The van der Waals surface area contributed by atoms with Crippen molar-refractivity contribution in [3.63, 3.8) is 0 Å². The quantitative estimate of drug-likeness (QED) is 0.810. The van der Waals surface area contributed by atoms with Crippen LogP contribution in [0.4, 0.5) is 0 Å². The molecule has 0 amide bonds. The van der Waals surface area contributed by atoms with E-state index in [0.717, 1.165) is 23.5 Å². The lowest BCUT2D eigenvalue weighted by Gasteiger charge is -2.36. The highest BCUT2D eigenvalue weighted by Crippen LogP contribution is 2.23. The summed E-state index contributed by atoms with van der Waals surface area (Å²) in [6.45, 7) is 6.28. The molecule has 0 bridgehead atoms. The highest BCUT2D eigenvalue weighted by atomic mass is 79.9. The summed E-state index contributed by atoms with van der Waals surface area (Å²) in [6, 6.07) is 4.20. The van der Waals surface area contributed by atoms with E-state index in [4.69, 9.17) is 4.42 Å². The first kappa shape index (κ1) is 10.2. The Morgan fingerprint density at radius 2 is 2.29 bits per heavy atom. The number of nitrogens with one attached hydrogen (secondary N) is 2. The van der Waals surface area contributed by atoms with Crippen molar-refractivity contribution in [2.75, 3.05) is 13.1 Å². The lowest BCUT2D eigenvalue weighted by Crippen LogP contribution is -2.56. The average molecular weight is 259 g/mol. The van der Waals surface area contributed by atoms with Crippen LogP contribution in [-0.4, -0.2) is 18.6 Å². The maximum Gasteiger partial charge on any atom is 0.169 e. The van der Waals surface area contributed by atoms with Gasteiger partial charge in [0, 0.05) is 18.6 Å². The first-order chi connectivity index (χ1) is 6.57. The van der Waals surface area contributed by atoms with Crippen molar-refractivity contribution in [2.24, 2.45) is 0 Å². The van der Waals surface area contributed by atoms with Gasteiger partial charge in [-0.3, -0.25) is 5.32 Å². The Morgan fingerprint density at radius 3 is 2.86 bits per heavy atom. The van der Waals surface area contributed by atoms with Crippen LogP contribution in [0.25, 0.3) is 0 Å². The summed E-state index contributed by atoms with van der Waals surface area (Å²) in [4.78, 5) is 0. The first-order valence-electron chi connectivity index (χ1n) is 4.80. The maximum atomic E-state index is 5.53. The van der Waals surface area contributed by atoms with Crippen molar-refractivity contribution in [3.05, 3.63) is 22.6 Å². The fourth-order valence-corrected chi connectivity index (χ4v) is 2.11. The first-order valence-corrected chi connectivity index (χ1v) is 5.60. The zero-order chi connectivity index (χ0) is 10.2. The van der Waals surface area contributed by atoms with Gasteiger partial charge in [-0.25, -0.2) is 0 Å². The van der Waals surface area contributed by atoms with Crippen LogP contribution >= 0.6 is 15.9 Å². The Morgan fingerprint density at radius 1 is 1.50 bits per heavy atom. The van der Waals surface area contributed by atoms with Gasteiger partial charge in [0.15, 0.2) is 4.67 Å². The summed E-state index contributed by atoms with van der Waals surface area (Å²) in [5, 5.41) is 6.94. The lowest BCUT2D eigenvalue weighted by atomic mass is 9.99. The second-order valence-electron chi connectivity index (χ2n) is 4.35. The largest absolute Gasteiger partial charge is 0.453 e. The second-order valence-corrected chi connectivity index (χ2v) is 5.14. The van der Waals surface area contributed by atoms with Gasteiger partial charge in [0.25, 0.3) is 0 Å². The number of hydrogen-bond donors (Lipinski definition) is 2. The molecule has 2 N–H and O–H groups in total. The van der Waals surface area contributed by atoms with E-state index in [0.29, 0.717) is 0 Å². The monoisotopic (exact) mass is 258 g/mol. The van der Waals surface area contributed by atoms with Gasteiger partial charge in [-0.1, -0.05) is 0 Å². The summed E-state index contributed by atoms with van der Waals surface area (Å²) in [5.41, 5.74) is 0.127. The highest BCUT2D eigenvalue weighted by Gasteiger charge is 2.28. The third-order valence-corrected chi connectivity index (χ3v) is 2.84. The molecule has 1 saturated heterocycles.